The quantitative estimate of drug-likeness (QED) is 0.246. The summed E-state index contributed by atoms with van der Waals surface area (Å²) in [6.07, 6.45) is 0. The van der Waals surface area contributed by atoms with Crippen LogP contribution >= 0.6 is 11.3 Å². The summed E-state index contributed by atoms with van der Waals surface area (Å²) in [5.41, 5.74) is 9.66. The Morgan fingerprint density at radius 3 is 1.92 bits per heavy atom. The van der Waals surface area contributed by atoms with Crippen LogP contribution in [0.25, 0.3) is 31.3 Å². The summed E-state index contributed by atoms with van der Waals surface area (Å²) in [6, 6.07) is 53.0. The fourth-order valence-corrected chi connectivity index (χ4v) is 7.69. The third kappa shape index (κ3) is 3.25. The molecule has 1 heterocycles. The van der Waals surface area contributed by atoms with Gasteiger partial charge in [-0.1, -0.05) is 115 Å². The van der Waals surface area contributed by atoms with Gasteiger partial charge in [-0.15, -0.1) is 11.3 Å². The Hall–Kier alpha value is -4.66. The maximum atomic E-state index is 3.83. The molecule has 0 fully saturated rings. The molecular weight excluding hydrogens is 490 g/mol. The zero-order valence-electron chi connectivity index (χ0n) is 21.3. The van der Waals surface area contributed by atoms with E-state index >= 15 is 0 Å². The van der Waals surface area contributed by atoms with Gasteiger partial charge in [0.15, 0.2) is 0 Å². The number of benzene rings is 6. The van der Waals surface area contributed by atoms with Crippen molar-refractivity contribution in [3.63, 3.8) is 0 Å². The van der Waals surface area contributed by atoms with E-state index in [4.69, 9.17) is 0 Å². The van der Waals surface area contributed by atoms with E-state index in [1.807, 2.05) is 11.3 Å². The lowest BCUT2D eigenvalue weighted by Gasteiger charge is -2.34. The zero-order valence-corrected chi connectivity index (χ0v) is 22.1. The number of nitrogens with one attached hydrogen (secondary N) is 1. The van der Waals surface area contributed by atoms with Crippen LogP contribution in [0.2, 0.25) is 0 Å². The van der Waals surface area contributed by atoms with Crippen LogP contribution in [0, 0.1) is 0 Å². The van der Waals surface area contributed by atoms with Gasteiger partial charge in [-0.3, -0.25) is 0 Å². The Balaban J connectivity index is 1.37. The number of anilines is 2. The fourth-order valence-electron chi connectivity index (χ4n) is 6.56. The van der Waals surface area contributed by atoms with Crippen LogP contribution in [-0.2, 0) is 5.41 Å². The molecule has 1 aliphatic carbocycles. The van der Waals surface area contributed by atoms with Gasteiger partial charge in [0.1, 0.15) is 0 Å². The number of hydrogen-bond donors (Lipinski definition) is 1. The molecule has 0 radical (unpaired) electrons. The van der Waals surface area contributed by atoms with Crippen molar-refractivity contribution in [2.24, 2.45) is 0 Å². The highest BCUT2D eigenvalue weighted by molar-refractivity contribution is 7.25. The van der Waals surface area contributed by atoms with Gasteiger partial charge in [-0.05, 0) is 63.7 Å². The summed E-state index contributed by atoms with van der Waals surface area (Å²) in [7, 11) is 0. The Morgan fingerprint density at radius 2 is 1.13 bits per heavy atom. The summed E-state index contributed by atoms with van der Waals surface area (Å²) in [5, 5.41) is 6.42. The number of fused-ring (bicyclic) bond motifs is 6. The van der Waals surface area contributed by atoms with Gasteiger partial charge < -0.3 is 5.32 Å². The first-order chi connectivity index (χ1) is 19.3. The van der Waals surface area contributed by atoms with Crippen LogP contribution in [-0.4, -0.2) is 0 Å². The third-order valence-corrected chi connectivity index (χ3v) is 9.28. The molecule has 0 saturated carbocycles. The van der Waals surface area contributed by atoms with Crippen LogP contribution in [0.15, 0.2) is 146 Å². The lowest BCUT2D eigenvalue weighted by Crippen LogP contribution is -2.28. The number of rotatable bonds is 4. The molecule has 184 valence electrons. The smallest absolute Gasteiger partial charge is 0.0714 e. The minimum atomic E-state index is -0.396. The standard InChI is InChI=1S/C37H25NS/c1-3-12-25(13-4-1)37(26-14-5-2-6-15-26)31-18-9-7-16-28(31)29-23-22-27(24-32(29)37)38-33-19-11-21-35-36(33)30-17-8-10-20-34(30)39-35/h1-24,38H. The van der Waals surface area contributed by atoms with Gasteiger partial charge in [0, 0.05) is 31.5 Å². The second-order valence-electron chi connectivity index (χ2n) is 10.2. The Bertz CT molecular complexity index is 1950. The minimum Gasteiger partial charge on any atom is -0.355 e. The van der Waals surface area contributed by atoms with Crippen LogP contribution in [0.3, 0.4) is 0 Å². The van der Waals surface area contributed by atoms with Gasteiger partial charge in [0.2, 0.25) is 0 Å². The van der Waals surface area contributed by atoms with Crippen LogP contribution in [0.5, 0.6) is 0 Å². The average Bonchev–Trinajstić information content (AvgIpc) is 3.52. The van der Waals surface area contributed by atoms with Gasteiger partial charge >= 0.3 is 0 Å². The van der Waals surface area contributed by atoms with Crippen molar-refractivity contribution in [1.29, 1.82) is 0 Å². The average molecular weight is 516 g/mol. The monoisotopic (exact) mass is 515 g/mol. The largest absolute Gasteiger partial charge is 0.355 e. The normalized spacial score (nSPS) is 13.3. The molecule has 0 saturated heterocycles. The molecule has 0 bridgehead atoms. The fraction of sp³-hybridized carbons (Fsp3) is 0.0270. The topological polar surface area (TPSA) is 12.0 Å². The molecule has 0 aliphatic heterocycles. The van der Waals surface area contributed by atoms with Crippen LogP contribution < -0.4 is 5.32 Å². The molecule has 2 heteroatoms. The highest BCUT2D eigenvalue weighted by Gasteiger charge is 2.46. The molecule has 0 spiro atoms. The first kappa shape index (κ1) is 22.3. The van der Waals surface area contributed by atoms with Crippen molar-refractivity contribution in [1.82, 2.24) is 0 Å². The molecule has 1 aliphatic rings. The molecule has 6 aromatic carbocycles. The molecule has 8 rings (SSSR count). The van der Waals surface area contributed by atoms with Gasteiger partial charge in [0.25, 0.3) is 0 Å². The van der Waals surface area contributed by atoms with E-state index in [9.17, 15) is 0 Å². The Kier molecular flexibility index (Phi) is 4.98. The molecule has 7 aromatic rings. The van der Waals surface area contributed by atoms with Crippen molar-refractivity contribution in [3.8, 4) is 11.1 Å². The van der Waals surface area contributed by atoms with Gasteiger partial charge in [0.05, 0.1) is 5.41 Å². The van der Waals surface area contributed by atoms with Crippen molar-refractivity contribution in [2.45, 2.75) is 5.41 Å². The van der Waals surface area contributed by atoms with E-state index in [1.54, 1.807) is 0 Å². The predicted octanol–water partition coefficient (Wildman–Crippen LogP) is 10.2. The molecule has 0 unspecified atom stereocenters. The summed E-state index contributed by atoms with van der Waals surface area (Å²) >= 11 is 1.85. The highest BCUT2D eigenvalue weighted by atomic mass is 32.1. The summed E-state index contributed by atoms with van der Waals surface area (Å²) < 4.78 is 2.62. The maximum absolute atomic E-state index is 3.83. The Morgan fingerprint density at radius 1 is 0.487 bits per heavy atom. The van der Waals surface area contributed by atoms with Crippen LogP contribution in [0.4, 0.5) is 11.4 Å². The van der Waals surface area contributed by atoms with Gasteiger partial charge in [-0.2, -0.15) is 0 Å². The summed E-state index contributed by atoms with van der Waals surface area (Å²) in [4.78, 5) is 0. The van der Waals surface area contributed by atoms with E-state index in [1.165, 1.54) is 53.6 Å². The van der Waals surface area contributed by atoms with Crippen LogP contribution in [0.1, 0.15) is 22.3 Å². The summed E-state index contributed by atoms with van der Waals surface area (Å²) in [6.45, 7) is 0. The lowest BCUT2D eigenvalue weighted by atomic mass is 9.67. The maximum Gasteiger partial charge on any atom is 0.0714 e. The zero-order chi connectivity index (χ0) is 25.8. The molecule has 0 amide bonds. The molecule has 1 N–H and O–H groups in total. The lowest BCUT2D eigenvalue weighted by molar-refractivity contribution is 0.769. The SMILES string of the molecule is c1ccc(C2(c3ccccc3)c3ccccc3-c3ccc(Nc4cccc5sc6ccccc6c45)cc32)cc1. The predicted molar refractivity (Wildman–Crippen MR) is 166 cm³/mol. The van der Waals surface area contributed by atoms with E-state index in [0.717, 1.165) is 11.4 Å². The first-order valence-electron chi connectivity index (χ1n) is 13.4. The van der Waals surface area contributed by atoms with E-state index in [0.29, 0.717) is 0 Å². The van der Waals surface area contributed by atoms with Crippen molar-refractivity contribution >= 4 is 42.9 Å². The van der Waals surface area contributed by atoms with Crippen molar-refractivity contribution < 1.29 is 0 Å². The molecule has 39 heavy (non-hydrogen) atoms. The van der Waals surface area contributed by atoms with Gasteiger partial charge in [-0.25, -0.2) is 0 Å². The summed E-state index contributed by atoms with van der Waals surface area (Å²) in [5.74, 6) is 0. The second-order valence-corrected chi connectivity index (χ2v) is 11.3. The van der Waals surface area contributed by atoms with Crippen molar-refractivity contribution in [3.05, 3.63) is 168 Å². The second kappa shape index (κ2) is 8.69. The number of thiophene rings is 1. The highest BCUT2D eigenvalue weighted by Crippen LogP contribution is 2.56. The van der Waals surface area contributed by atoms with E-state index in [-0.39, 0.29) is 0 Å². The minimum absolute atomic E-state index is 0.396. The molecule has 1 nitrogen and oxygen atoms in total. The van der Waals surface area contributed by atoms with Crippen molar-refractivity contribution in [2.75, 3.05) is 5.32 Å². The molecule has 1 aromatic heterocycles. The first-order valence-corrected chi connectivity index (χ1v) is 14.2. The Labute approximate surface area is 232 Å². The number of hydrogen-bond acceptors (Lipinski definition) is 2. The third-order valence-electron chi connectivity index (χ3n) is 8.14. The molecule has 0 atom stereocenters. The molecular formula is C37H25NS. The van der Waals surface area contributed by atoms with E-state index < -0.39 is 5.41 Å². The van der Waals surface area contributed by atoms with E-state index in [2.05, 4.69) is 151 Å².